The highest BCUT2D eigenvalue weighted by molar-refractivity contribution is 6.29. The van der Waals surface area contributed by atoms with E-state index in [2.05, 4.69) is 10.1 Å². The van der Waals surface area contributed by atoms with E-state index in [0.717, 1.165) is 0 Å². The number of rotatable bonds is 3. The molecule has 0 fully saturated rings. The van der Waals surface area contributed by atoms with Gasteiger partial charge in [0.25, 0.3) is 0 Å². The van der Waals surface area contributed by atoms with Crippen LogP contribution in [0.3, 0.4) is 0 Å². The molecule has 3 rings (SSSR count). The maximum Gasteiger partial charge on any atom is 0.162 e. The number of aromatic nitrogens is 3. The van der Waals surface area contributed by atoms with Crippen LogP contribution in [0.5, 0.6) is 0 Å². The van der Waals surface area contributed by atoms with Crippen LogP contribution in [0.15, 0.2) is 48.8 Å². The van der Waals surface area contributed by atoms with Crippen molar-refractivity contribution in [3.8, 4) is 6.07 Å². The van der Waals surface area contributed by atoms with E-state index in [0.29, 0.717) is 22.5 Å². The van der Waals surface area contributed by atoms with Crippen molar-refractivity contribution in [3.63, 3.8) is 0 Å². The van der Waals surface area contributed by atoms with Crippen LogP contribution in [0, 0.1) is 22.6 Å². The Morgan fingerprint density at radius 2 is 2.00 bits per heavy atom. The third kappa shape index (κ3) is 2.53. The van der Waals surface area contributed by atoms with E-state index in [1.165, 1.54) is 41.2 Å². The summed E-state index contributed by atoms with van der Waals surface area (Å²) in [5.41, 5.74) is 7.87. The van der Waals surface area contributed by atoms with Gasteiger partial charge in [-0.3, -0.25) is 5.41 Å². The largest absolute Gasteiger partial charge is 0.404 e. The molecular weight excluding hydrogens is 295 g/mol. The number of allylic oxidation sites excluding steroid dienone is 1. The van der Waals surface area contributed by atoms with Gasteiger partial charge in [-0.1, -0.05) is 0 Å². The minimum absolute atomic E-state index is 0.109. The van der Waals surface area contributed by atoms with Gasteiger partial charge in [-0.2, -0.15) is 10.4 Å². The van der Waals surface area contributed by atoms with E-state index >= 15 is 0 Å². The molecule has 2 heterocycles. The van der Waals surface area contributed by atoms with Crippen LogP contribution in [-0.4, -0.2) is 20.3 Å². The third-order valence-electron chi connectivity index (χ3n) is 3.32. The Morgan fingerprint density at radius 3 is 2.65 bits per heavy atom. The van der Waals surface area contributed by atoms with Gasteiger partial charge in [0.15, 0.2) is 11.3 Å². The summed E-state index contributed by atoms with van der Waals surface area (Å²) in [6, 6.07) is 10.9. The lowest BCUT2D eigenvalue weighted by molar-refractivity contribution is 0.628. The van der Waals surface area contributed by atoms with Gasteiger partial charge in [0, 0.05) is 17.3 Å². The maximum atomic E-state index is 13.0. The van der Waals surface area contributed by atoms with Gasteiger partial charge in [0.1, 0.15) is 11.9 Å². The summed E-state index contributed by atoms with van der Waals surface area (Å²) in [5, 5.41) is 21.6. The van der Waals surface area contributed by atoms with Crippen LogP contribution in [0.2, 0.25) is 0 Å². The van der Waals surface area contributed by atoms with Crippen molar-refractivity contribution >= 4 is 16.9 Å². The molecule has 6 nitrogen and oxygen atoms in total. The van der Waals surface area contributed by atoms with Gasteiger partial charge < -0.3 is 5.73 Å². The number of fused-ring (bicyclic) bond motifs is 1. The van der Waals surface area contributed by atoms with E-state index in [1.807, 2.05) is 6.07 Å². The number of nitrogens with two attached hydrogens (primary N) is 1. The summed E-state index contributed by atoms with van der Waals surface area (Å²) in [7, 11) is 0. The van der Waals surface area contributed by atoms with Gasteiger partial charge in [0.05, 0.1) is 17.6 Å². The molecule has 0 radical (unpaired) electrons. The van der Waals surface area contributed by atoms with E-state index in [-0.39, 0.29) is 17.2 Å². The van der Waals surface area contributed by atoms with Gasteiger partial charge >= 0.3 is 0 Å². The van der Waals surface area contributed by atoms with Crippen molar-refractivity contribution < 1.29 is 4.39 Å². The van der Waals surface area contributed by atoms with Crippen molar-refractivity contribution in [2.24, 2.45) is 5.73 Å². The van der Waals surface area contributed by atoms with Crippen LogP contribution >= 0.6 is 0 Å². The first-order valence-electron chi connectivity index (χ1n) is 6.66. The zero-order valence-electron chi connectivity index (χ0n) is 11.9. The Balaban J connectivity index is 2.06. The van der Waals surface area contributed by atoms with Crippen molar-refractivity contribution in [2.45, 2.75) is 0 Å². The first kappa shape index (κ1) is 14.4. The summed E-state index contributed by atoms with van der Waals surface area (Å²) in [6.45, 7) is 0. The second kappa shape index (κ2) is 5.69. The second-order valence-electron chi connectivity index (χ2n) is 4.71. The van der Waals surface area contributed by atoms with Crippen LogP contribution in [0.4, 0.5) is 4.39 Å². The minimum Gasteiger partial charge on any atom is -0.404 e. The molecule has 3 aromatic rings. The van der Waals surface area contributed by atoms with E-state index < -0.39 is 0 Å². The van der Waals surface area contributed by atoms with E-state index in [9.17, 15) is 4.39 Å². The molecule has 23 heavy (non-hydrogen) atoms. The molecule has 3 N–H and O–H groups in total. The Bertz CT molecular complexity index is 962. The molecule has 0 aliphatic heterocycles. The van der Waals surface area contributed by atoms with Crippen molar-refractivity contribution in [3.05, 3.63) is 71.6 Å². The monoisotopic (exact) mass is 306 g/mol. The Kier molecular flexibility index (Phi) is 3.57. The van der Waals surface area contributed by atoms with Gasteiger partial charge in [-0.15, -0.1) is 0 Å². The van der Waals surface area contributed by atoms with Crippen molar-refractivity contribution in [1.29, 1.82) is 10.7 Å². The van der Waals surface area contributed by atoms with Crippen molar-refractivity contribution in [2.75, 3.05) is 0 Å². The summed E-state index contributed by atoms with van der Waals surface area (Å²) in [4.78, 5) is 4.06. The lowest BCUT2D eigenvalue weighted by Crippen LogP contribution is -2.09. The standard InChI is InChI=1S/C16H11FN6/c17-11-3-1-10(2-4-11)16(20)13(8-19)14-5-6-15-21-9-12(7-18)23(15)22-14/h1-6,8-9,20H,19H2/b13-8-,20-16?. The molecule has 0 bridgehead atoms. The quantitative estimate of drug-likeness (QED) is 0.723. The first-order chi connectivity index (χ1) is 11.1. The summed E-state index contributed by atoms with van der Waals surface area (Å²) in [6.07, 6.45) is 2.69. The van der Waals surface area contributed by atoms with E-state index in [4.69, 9.17) is 16.4 Å². The number of nitriles is 1. The zero-order chi connectivity index (χ0) is 16.4. The van der Waals surface area contributed by atoms with Crippen LogP contribution in [0.25, 0.3) is 11.2 Å². The lowest BCUT2D eigenvalue weighted by atomic mass is 10.0. The van der Waals surface area contributed by atoms with Crippen LogP contribution < -0.4 is 5.73 Å². The highest BCUT2D eigenvalue weighted by Gasteiger charge is 2.14. The van der Waals surface area contributed by atoms with Gasteiger partial charge in [0.2, 0.25) is 0 Å². The Hall–Kier alpha value is -3.53. The molecule has 0 aliphatic carbocycles. The zero-order valence-corrected chi connectivity index (χ0v) is 11.9. The fourth-order valence-electron chi connectivity index (χ4n) is 2.16. The number of halogens is 1. The number of benzene rings is 1. The number of nitrogens with one attached hydrogen (secondary N) is 1. The summed E-state index contributed by atoms with van der Waals surface area (Å²) >= 11 is 0. The molecule has 0 unspecified atom stereocenters. The normalized spacial score (nSPS) is 11.4. The first-order valence-corrected chi connectivity index (χ1v) is 6.66. The molecule has 2 aromatic heterocycles. The Morgan fingerprint density at radius 1 is 1.26 bits per heavy atom. The van der Waals surface area contributed by atoms with Crippen molar-refractivity contribution in [1.82, 2.24) is 14.6 Å². The molecule has 0 spiro atoms. The SMILES string of the molecule is N#Cc1cnc2ccc(/C(=C/N)C(=N)c3ccc(F)cc3)nn12. The predicted octanol–water partition coefficient (Wildman–Crippen LogP) is 2.11. The minimum atomic E-state index is -0.378. The molecule has 1 aromatic carbocycles. The molecule has 112 valence electrons. The fourth-order valence-corrected chi connectivity index (χ4v) is 2.16. The average molecular weight is 306 g/mol. The Labute approximate surface area is 130 Å². The summed E-state index contributed by atoms with van der Waals surface area (Å²) < 4.78 is 14.4. The maximum absolute atomic E-state index is 13.0. The number of nitrogens with zero attached hydrogens (tertiary/aromatic N) is 4. The van der Waals surface area contributed by atoms with Crippen LogP contribution in [-0.2, 0) is 0 Å². The fraction of sp³-hybridized carbons (Fsp3) is 0. The highest BCUT2D eigenvalue weighted by atomic mass is 19.1. The molecule has 0 aliphatic rings. The molecule has 0 amide bonds. The van der Waals surface area contributed by atoms with E-state index in [1.54, 1.807) is 12.1 Å². The van der Waals surface area contributed by atoms with Crippen LogP contribution in [0.1, 0.15) is 17.0 Å². The number of imidazole rings is 1. The molecule has 7 heteroatoms. The highest BCUT2D eigenvalue weighted by Crippen LogP contribution is 2.18. The second-order valence-corrected chi connectivity index (χ2v) is 4.71. The number of hydrogen-bond acceptors (Lipinski definition) is 5. The molecule has 0 saturated carbocycles. The topological polar surface area (TPSA) is 104 Å². The molecule has 0 saturated heterocycles. The lowest BCUT2D eigenvalue weighted by Gasteiger charge is -2.09. The van der Waals surface area contributed by atoms with Gasteiger partial charge in [-0.25, -0.2) is 13.9 Å². The molecule has 0 atom stereocenters. The smallest absolute Gasteiger partial charge is 0.162 e. The summed E-state index contributed by atoms with van der Waals surface area (Å²) in [5.74, 6) is -0.378. The average Bonchev–Trinajstić information content (AvgIpc) is 2.98. The number of hydrogen-bond donors (Lipinski definition) is 2. The predicted molar refractivity (Wildman–Crippen MR) is 83.1 cm³/mol. The molecular formula is C16H11FN6. The third-order valence-corrected chi connectivity index (χ3v) is 3.32. The van der Waals surface area contributed by atoms with Gasteiger partial charge in [-0.05, 0) is 36.4 Å².